The van der Waals surface area contributed by atoms with Crippen LogP contribution in [0.5, 0.6) is 0 Å². The van der Waals surface area contributed by atoms with E-state index in [-0.39, 0.29) is 5.56 Å². The molecule has 1 aromatic heterocycles. The third kappa shape index (κ3) is 3.91. The first-order valence-corrected chi connectivity index (χ1v) is 7.29. The molecule has 0 aliphatic rings. The van der Waals surface area contributed by atoms with Gasteiger partial charge >= 0.3 is 0 Å². The Hall–Kier alpha value is -2.76. The van der Waals surface area contributed by atoms with Gasteiger partial charge in [-0.1, -0.05) is 13.0 Å². The Balaban J connectivity index is 2.43. The molecule has 0 saturated heterocycles. The minimum absolute atomic E-state index is 0.166. The van der Waals surface area contributed by atoms with Gasteiger partial charge in [0.25, 0.3) is 11.5 Å². The summed E-state index contributed by atoms with van der Waals surface area (Å²) in [7, 11) is 0. The standard InChI is InChI=1S/C17H17FN2O3/c1-2-10-19-17(23)15(20-11-4-3-5-14(20)21)16(22)12-6-8-13(18)9-7-12/h3-9,11,15H,2,10H2,1H3,(H,19,23)/t15-/m1/s1. The smallest absolute Gasteiger partial charge is 0.251 e. The Morgan fingerprint density at radius 1 is 1.17 bits per heavy atom. The van der Waals surface area contributed by atoms with Crippen molar-refractivity contribution in [1.82, 2.24) is 9.88 Å². The summed E-state index contributed by atoms with van der Waals surface area (Å²) in [4.78, 5) is 37.0. The monoisotopic (exact) mass is 316 g/mol. The van der Waals surface area contributed by atoms with Crippen molar-refractivity contribution in [3.05, 3.63) is 70.4 Å². The molecule has 1 heterocycles. The van der Waals surface area contributed by atoms with Crippen LogP contribution in [0.4, 0.5) is 4.39 Å². The van der Waals surface area contributed by atoms with E-state index in [0.29, 0.717) is 13.0 Å². The lowest BCUT2D eigenvalue weighted by atomic mass is 10.0. The lowest BCUT2D eigenvalue weighted by Gasteiger charge is -2.18. The first-order chi connectivity index (χ1) is 11.0. The van der Waals surface area contributed by atoms with Gasteiger partial charge in [-0.25, -0.2) is 4.39 Å². The minimum atomic E-state index is -1.32. The fourth-order valence-electron chi connectivity index (χ4n) is 2.14. The van der Waals surface area contributed by atoms with Gasteiger partial charge in [-0.15, -0.1) is 0 Å². The Morgan fingerprint density at radius 2 is 1.87 bits per heavy atom. The summed E-state index contributed by atoms with van der Waals surface area (Å²) in [6, 6.07) is 7.93. The average Bonchev–Trinajstić information content (AvgIpc) is 2.55. The van der Waals surface area contributed by atoms with Crippen LogP contribution in [0, 0.1) is 5.82 Å². The summed E-state index contributed by atoms with van der Waals surface area (Å²) < 4.78 is 14.1. The van der Waals surface area contributed by atoms with Crippen LogP contribution in [0.25, 0.3) is 0 Å². The number of carbonyl (C=O) groups excluding carboxylic acids is 2. The molecule has 2 rings (SSSR count). The summed E-state index contributed by atoms with van der Waals surface area (Å²) >= 11 is 0. The Kier molecular flexibility index (Phi) is 5.41. The van der Waals surface area contributed by atoms with Crippen molar-refractivity contribution < 1.29 is 14.0 Å². The van der Waals surface area contributed by atoms with Gasteiger partial charge in [-0.2, -0.15) is 0 Å². The molecule has 0 unspecified atom stereocenters. The van der Waals surface area contributed by atoms with E-state index in [1.807, 2.05) is 6.92 Å². The predicted molar refractivity (Wildman–Crippen MR) is 83.8 cm³/mol. The number of carbonyl (C=O) groups is 2. The number of Topliss-reactive ketones (excluding diaryl/α,β-unsaturated/α-hetero) is 1. The maximum absolute atomic E-state index is 13.0. The van der Waals surface area contributed by atoms with Crippen LogP contribution in [0.15, 0.2) is 53.5 Å². The average molecular weight is 316 g/mol. The van der Waals surface area contributed by atoms with Crippen molar-refractivity contribution in [3.8, 4) is 0 Å². The lowest BCUT2D eigenvalue weighted by molar-refractivity contribution is -0.123. The van der Waals surface area contributed by atoms with E-state index in [4.69, 9.17) is 0 Å². The molecule has 0 spiro atoms. The molecule has 1 N–H and O–H groups in total. The summed E-state index contributed by atoms with van der Waals surface area (Å²) in [6.07, 6.45) is 2.09. The van der Waals surface area contributed by atoms with E-state index < -0.39 is 29.1 Å². The van der Waals surface area contributed by atoms with Gasteiger partial charge in [0, 0.05) is 24.4 Å². The number of halogens is 1. The number of hydrogen-bond acceptors (Lipinski definition) is 3. The van der Waals surface area contributed by atoms with E-state index in [1.165, 1.54) is 30.5 Å². The molecule has 0 aliphatic carbocycles. The Bertz CT molecular complexity index is 753. The van der Waals surface area contributed by atoms with Gasteiger partial charge in [-0.3, -0.25) is 19.0 Å². The third-order valence-electron chi connectivity index (χ3n) is 3.30. The Morgan fingerprint density at radius 3 is 2.48 bits per heavy atom. The molecule has 23 heavy (non-hydrogen) atoms. The zero-order chi connectivity index (χ0) is 16.8. The molecule has 1 amide bonds. The highest BCUT2D eigenvalue weighted by Crippen LogP contribution is 2.14. The number of ketones is 1. The number of hydrogen-bond donors (Lipinski definition) is 1. The maximum atomic E-state index is 13.0. The molecule has 0 saturated carbocycles. The van der Waals surface area contributed by atoms with Gasteiger partial charge in [-0.05, 0) is 36.8 Å². The van der Waals surface area contributed by atoms with Crippen molar-refractivity contribution >= 4 is 11.7 Å². The summed E-state index contributed by atoms with van der Waals surface area (Å²) in [6.45, 7) is 2.28. The number of amides is 1. The molecule has 5 nitrogen and oxygen atoms in total. The number of benzene rings is 1. The predicted octanol–water partition coefficient (Wildman–Crippen LogP) is 1.94. The highest BCUT2D eigenvalue weighted by Gasteiger charge is 2.29. The summed E-state index contributed by atoms with van der Waals surface area (Å²) in [5.74, 6) is -1.60. The van der Waals surface area contributed by atoms with Crippen molar-refractivity contribution in [2.45, 2.75) is 19.4 Å². The van der Waals surface area contributed by atoms with Crippen molar-refractivity contribution in [2.24, 2.45) is 0 Å². The number of nitrogens with one attached hydrogen (secondary N) is 1. The molecule has 0 aliphatic heterocycles. The molecule has 0 fully saturated rings. The minimum Gasteiger partial charge on any atom is -0.354 e. The van der Waals surface area contributed by atoms with Gasteiger partial charge < -0.3 is 5.32 Å². The molecule has 0 bridgehead atoms. The highest BCUT2D eigenvalue weighted by molar-refractivity contribution is 6.11. The summed E-state index contributed by atoms with van der Waals surface area (Å²) in [5.41, 5.74) is -0.293. The number of nitrogens with zero attached hydrogens (tertiary/aromatic N) is 1. The SMILES string of the molecule is CCCNC(=O)[C@@H](C(=O)c1ccc(F)cc1)n1ccccc1=O. The number of rotatable bonds is 6. The van der Waals surface area contributed by atoms with Crippen molar-refractivity contribution in [3.63, 3.8) is 0 Å². The van der Waals surface area contributed by atoms with Crippen LogP contribution in [0.1, 0.15) is 29.7 Å². The molecular formula is C17H17FN2O3. The molecule has 2 aromatic rings. The second-order valence-electron chi connectivity index (χ2n) is 5.01. The summed E-state index contributed by atoms with van der Waals surface area (Å²) in [5, 5.41) is 2.63. The van der Waals surface area contributed by atoms with Crippen LogP contribution in [0.2, 0.25) is 0 Å². The molecule has 0 radical (unpaired) electrons. The van der Waals surface area contributed by atoms with E-state index in [9.17, 15) is 18.8 Å². The first-order valence-electron chi connectivity index (χ1n) is 7.29. The van der Waals surface area contributed by atoms with Gasteiger partial charge in [0.2, 0.25) is 0 Å². The van der Waals surface area contributed by atoms with Crippen molar-refractivity contribution in [1.29, 1.82) is 0 Å². The van der Waals surface area contributed by atoms with E-state index in [0.717, 1.165) is 16.7 Å². The fraction of sp³-hybridized carbons (Fsp3) is 0.235. The van der Waals surface area contributed by atoms with Crippen LogP contribution >= 0.6 is 0 Å². The largest absolute Gasteiger partial charge is 0.354 e. The Labute approximate surface area is 132 Å². The van der Waals surface area contributed by atoms with E-state index in [1.54, 1.807) is 6.07 Å². The second-order valence-corrected chi connectivity index (χ2v) is 5.01. The topological polar surface area (TPSA) is 68.2 Å². The van der Waals surface area contributed by atoms with Crippen LogP contribution in [-0.4, -0.2) is 22.8 Å². The molecule has 1 aromatic carbocycles. The molecule has 1 atom stereocenters. The lowest BCUT2D eigenvalue weighted by Crippen LogP contribution is -2.41. The van der Waals surface area contributed by atoms with E-state index in [2.05, 4.69) is 5.32 Å². The fourth-order valence-corrected chi connectivity index (χ4v) is 2.14. The number of pyridine rings is 1. The zero-order valence-electron chi connectivity index (χ0n) is 12.7. The van der Waals surface area contributed by atoms with Gasteiger partial charge in [0.1, 0.15) is 5.82 Å². The van der Waals surface area contributed by atoms with Crippen LogP contribution in [-0.2, 0) is 4.79 Å². The second kappa shape index (κ2) is 7.49. The molecular weight excluding hydrogens is 299 g/mol. The molecule has 6 heteroatoms. The quantitative estimate of drug-likeness (QED) is 0.654. The molecule has 120 valence electrons. The third-order valence-corrected chi connectivity index (χ3v) is 3.30. The first kappa shape index (κ1) is 16.6. The van der Waals surface area contributed by atoms with E-state index >= 15 is 0 Å². The van der Waals surface area contributed by atoms with Gasteiger partial charge in [0.15, 0.2) is 11.8 Å². The zero-order valence-corrected chi connectivity index (χ0v) is 12.7. The normalized spacial score (nSPS) is 11.7. The number of aromatic nitrogens is 1. The van der Waals surface area contributed by atoms with Crippen molar-refractivity contribution in [2.75, 3.05) is 6.54 Å². The maximum Gasteiger partial charge on any atom is 0.251 e. The highest BCUT2D eigenvalue weighted by atomic mass is 19.1. The van der Waals surface area contributed by atoms with Gasteiger partial charge in [0.05, 0.1) is 0 Å². The van der Waals surface area contributed by atoms with Crippen LogP contribution < -0.4 is 10.9 Å². The van der Waals surface area contributed by atoms with Crippen LogP contribution in [0.3, 0.4) is 0 Å².